The first-order chi connectivity index (χ1) is 11.1. The fourth-order valence-corrected chi connectivity index (χ4v) is 2.95. The predicted molar refractivity (Wildman–Crippen MR) is 88.8 cm³/mol. The van der Waals surface area contributed by atoms with Gasteiger partial charge in [0.05, 0.1) is 6.10 Å². The molecular formula is C18H26N2O3. The maximum Gasteiger partial charge on any atom is 0.311 e. The number of amides is 2. The number of hydrogen-bond donors (Lipinski definition) is 2. The van der Waals surface area contributed by atoms with E-state index in [1.165, 1.54) is 5.56 Å². The van der Waals surface area contributed by atoms with Crippen molar-refractivity contribution in [1.82, 2.24) is 10.2 Å². The summed E-state index contributed by atoms with van der Waals surface area (Å²) in [5.41, 5.74) is 1.23. The molecule has 2 amide bonds. The molecule has 0 saturated carbocycles. The molecule has 23 heavy (non-hydrogen) atoms. The number of carbonyl (C=O) groups is 2. The van der Waals surface area contributed by atoms with Crippen molar-refractivity contribution >= 4 is 11.8 Å². The molecule has 126 valence electrons. The number of nitrogens with one attached hydrogen (secondary N) is 1. The second-order valence-corrected chi connectivity index (χ2v) is 6.24. The minimum Gasteiger partial charge on any atom is -0.393 e. The van der Waals surface area contributed by atoms with Crippen molar-refractivity contribution in [1.29, 1.82) is 0 Å². The third kappa shape index (κ3) is 5.36. The lowest BCUT2D eigenvalue weighted by Gasteiger charge is -2.33. The van der Waals surface area contributed by atoms with Gasteiger partial charge in [-0.05, 0) is 38.2 Å². The fraction of sp³-hybridized carbons (Fsp3) is 0.556. The first-order valence-corrected chi connectivity index (χ1v) is 8.37. The molecule has 1 aromatic carbocycles. The summed E-state index contributed by atoms with van der Waals surface area (Å²) in [5, 5.41) is 12.4. The van der Waals surface area contributed by atoms with E-state index >= 15 is 0 Å². The molecule has 1 aromatic rings. The average molecular weight is 318 g/mol. The third-order valence-electron chi connectivity index (χ3n) is 4.39. The number of hydrogen-bond acceptors (Lipinski definition) is 3. The van der Waals surface area contributed by atoms with Crippen molar-refractivity contribution in [3.8, 4) is 0 Å². The van der Waals surface area contributed by atoms with Crippen LogP contribution in [0.5, 0.6) is 0 Å². The van der Waals surface area contributed by atoms with Crippen LogP contribution < -0.4 is 5.32 Å². The summed E-state index contributed by atoms with van der Waals surface area (Å²) >= 11 is 0. The van der Waals surface area contributed by atoms with E-state index in [2.05, 4.69) is 17.4 Å². The Labute approximate surface area is 137 Å². The molecule has 0 aromatic heterocycles. The van der Waals surface area contributed by atoms with Gasteiger partial charge < -0.3 is 15.3 Å². The van der Waals surface area contributed by atoms with E-state index in [0.717, 1.165) is 25.7 Å². The molecule has 5 heteroatoms. The van der Waals surface area contributed by atoms with Crippen molar-refractivity contribution in [3.05, 3.63) is 35.9 Å². The van der Waals surface area contributed by atoms with Crippen LogP contribution in [0.4, 0.5) is 0 Å². The summed E-state index contributed by atoms with van der Waals surface area (Å²) in [6.45, 7) is 3.29. The lowest BCUT2D eigenvalue weighted by atomic mass is 9.93. The van der Waals surface area contributed by atoms with E-state index in [9.17, 15) is 14.7 Å². The Kier molecular flexibility index (Phi) is 6.59. The van der Waals surface area contributed by atoms with E-state index in [0.29, 0.717) is 19.6 Å². The Morgan fingerprint density at radius 3 is 2.78 bits per heavy atom. The van der Waals surface area contributed by atoms with Gasteiger partial charge in [0.15, 0.2) is 0 Å². The van der Waals surface area contributed by atoms with E-state index < -0.39 is 17.9 Å². The number of nitrogens with zero attached hydrogens (tertiary/aromatic N) is 1. The van der Waals surface area contributed by atoms with Gasteiger partial charge in [0.1, 0.15) is 0 Å². The summed E-state index contributed by atoms with van der Waals surface area (Å²) < 4.78 is 0. The van der Waals surface area contributed by atoms with Gasteiger partial charge in [-0.1, -0.05) is 30.3 Å². The smallest absolute Gasteiger partial charge is 0.311 e. The Morgan fingerprint density at radius 2 is 2.09 bits per heavy atom. The van der Waals surface area contributed by atoms with Crippen LogP contribution in [0.3, 0.4) is 0 Å². The van der Waals surface area contributed by atoms with Crippen molar-refractivity contribution in [2.75, 3.05) is 19.6 Å². The number of aryl methyl sites for hydroxylation is 1. The zero-order chi connectivity index (χ0) is 16.7. The van der Waals surface area contributed by atoms with Crippen LogP contribution in [0.15, 0.2) is 30.3 Å². The molecule has 2 rings (SSSR count). The van der Waals surface area contributed by atoms with Crippen LogP contribution in [-0.4, -0.2) is 47.6 Å². The van der Waals surface area contributed by atoms with Crippen LogP contribution in [0.25, 0.3) is 0 Å². The summed E-state index contributed by atoms with van der Waals surface area (Å²) in [6.07, 6.45) is 2.98. The van der Waals surface area contributed by atoms with Gasteiger partial charge in [-0.3, -0.25) is 9.59 Å². The highest BCUT2D eigenvalue weighted by Gasteiger charge is 2.29. The molecule has 2 atom stereocenters. The van der Waals surface area contributed by atoms with Crippen LogP contribution in [-0.2, 0) is 16.0 Å². The molecule has 1 aliphatic rings. The third-order valence-corrected chi connectivity index (χ3v) is 4.39. The molecular weight excluding hydrogens is 292 g/mol. The molecule has 1 saturated heterocycles. The second kappa shape index (κ2) is 8.67. The van der Waals surface area contributed by atoms with Crippen molar-refractivity contribution in [3.63, 3.8) is 0 Å². The number of benzene rings is 1. The number of rotatable bonds is 5. The molecule has 5 nitrogen and oxygen atoms in total. The van der Waals surface area contributed by atoms with Gasteiger partial charge in [0, 0.05) is 25.6 Å². The standard InChI is InChI=1S/C18H26N2O3/c1-14(21)16-10-6-12-20(13-16)18(23)17(22)19-11-5-9-15-7-3-2-4-8-15/h2-4,7-8,14,16,21H,5-6,9-13H2,1H3,(H,19,22). The quantitative estimate of drug-likeness (QED) is 0.636. The molecule has 0 bridgehead atoms. The second-order valence-electron chi connectivity index (χ2n) is 6.24. The van der Waals surface area contributed by atoms with Gasteiger partial charge in [-0.2, -0.15) is 0 Å². The zero-order valence-corrected chi connectivity index (χ0v) is 13.7. The fourth-order valence-electron chi connectivity index (χ4n) is 2.95. The topological polar surface area (TPSA) is 69.6 Å². The Hall–Kier alpha value is -1.88. The van der Waals surface area contributed by atoms with Gasteiger partial charge in [-0.25, -0.2) is 0 Å². The van der Waals surface area contributed by atoms with E-state index in [-0.39, 0.29) is 5.92 Å². The van der Waals surface area contributed by atoms with Crippen molar-refractivity contribution in [2.24, 2.45) is 5.92 Å². The first-order valence-electron chi connectivity index (χ1n) is 8.37. The van der Waals surface area contributed by atoms with Crippen LogP contribution in [0.1, 0.15) is 31.7 Å². The number of likely N-dealkylation sites (tertiary alicyclic amines) is 1. The summed E-state index contributed by atoms with van der Waals surface area (Å²) in [5.74, 6) is -0.946. The van der Waals surface area contributed by atoms with Gasteiger partial charge in [0.2, 0.25) is 0 Å². The highest BCUT2D eigenvalue weighted by molar-refractivity contribution is 6.35. The largest absolute Gasteiger partial charge is 0.393 e. The first kappa shape index (κ1) is 17.5. The maximum absolute atomic E-state index is 12.2. The van der Waals surface area contributed by atoms with Crippen LogP contribution in [0.2, 0.25) is 0 Å². The molecule has 1 fully saturated rings. The molecule has 0 radical (unpaired) electrons. The minimum absolute atomic E-state index is 0.0681. The number of aliphatic hydroxyl groups excluding tert-OH is 1. The Balaban J connectivity index is 1.71. The molecule has 0 aliphatic carbocycles. The summed E-state index contributed by atoms with van der Waals surface area (Å²) in [6, 6.07) is 10.1. The predicted octanol–water partition coefficient (Wildman–Crippen LogP) is 1.35. The van der Waals surface area contributed by atoms with E-state index in [4.69, 9.17) is 0 Å². The van der Waals surface area contributed by atoms with Crippen LogP contribution >= 0.6 is 0 Å². The van der Waals surface area contributed by atoms with E-state index in [1.54, 1.807) is 11.8 Å². The lowest BCUT2D eigenvalue weighted by molar-refractivity contribution is -0.147. The molecule has 0 spiro atoms. The number of carbonyl (C=O) groups excluding carboxylic acids is 2. The Bertz CT molecular complexity index is 516. The van der Waals surface area contributed by atoms with Gasteiger partial charge in [0.25, 0.3) is 0 Å². The van der Waals surface area contributed by atoms with Crippen molar-refractivity contribution < 1.29 is 14.7 Å². The zero-order valence-electron chi connectivity index (χ0n) is 13.7. The summed E-state index contributed by atoms with van der Waals surface area (Å²) in [4.78, 5) is 25.7. The number of piperidine rings is 1. The average Bonchev–Trinajstić information content (AvgIpc) is 2.59. The highest BCUT2D eigenvalue weighted by Crippen LogP contribution is 2.19. The van der Waals surface area contributed by atoms with Crippen molar-refractivity contribution in [2.45, 2.75) is 38.7 Å². The molecule has 2 unspecified atom stereocenters. The monoisotopic (exact) mass is 318 g/mol. The molecule has 1 aliphatic heterocycles. The van der Waals surface area contributed by atoms with E-state index in [1.807, 2.05) is 18.2 Å². The molecule has 2 N–H and O–H groups in total. The molecule has 1 heterocycles. The normalized spacial score (nSPS) is 19.2. The Morgan fingerprint density at radius 1 is 1.35 bits per heavy atom. The minimum atomic E-state index is -0.538. The lowest BCUT2D eigenvalue weighted by Crippen LogP contribution is -2.49. The van der Waals surface area contributed by atoms with Gasteiger partial charge >= 0.3 is 11.8 Å². The maximum atomic E-state index is 12.2. The summed E-state index contributed by atoms with van der Waals surface area (Å²) in [7, 11) is 0. The SMILES string of the molecule is CC(O)C1CCCN(C(=O)C(=O)NCCCc2ccccc2)C1. The van der Waals surface area contributed by atoms with Crippen LogP contribution in [0, 0.1) is 5.92 Å². The van der Waals surface area contributed by atoms with Gasteiger partial charge in [-0.15, -0.1) is 0 Å². The number of aliphatic hydroxyl groups is 1. The highest BCUT2D eigenvalue weighted by atomic mass is 16.3.